The number of amides is 1. The van der Waals surface area contributed by atoms with E-state index in [2.05, 4.69) is 5.32 Å². The summed E-state index contributed by atoms with van der Waals surface area (Å²) in [6.07, 6.45) is 1.37. The van der Waals surface area contributed by atoms with Crippen LogP contribution in [0.4, 0.5) is 5.69 Å². The molecule has 3 aromatic carbocycles. The fraction of sp³-hybridized carbons (Fsp3) is 0.217. The maximum atomic E-state index is 12.4. The number of rotatable bonds is 9. The lowest BCUT2D eigenvalue weighted by molar-refractivity contribution is -0.117. The topological polar surface area (TPSA) is 72.2 Å². The van der Waals surface area contributed by atoms with Gasteiger partial charge in [0.05, 0.1) is 11.8 Å². The van der Waals surface area contributed by atoms with Crippen LogP contribution in [0.3, 0.4) is 0 Å². The van der Waals surface area contributed by atoms with Crippen molar-refractivity contribution < 1.29 is 9.59 Å². The molecule has 1 atom stereocenters. The molecule has 0 fully saturated rings. The summed E-state index contributed by atoms with van der Waals surface area (Å²) in [7, 11) is 0. The van der Waals surface area contributed by atoms with Crippen molar-refractivity contribution in [2.24, 2.45) is 5.73 Å². The van der Waals surface area contributed by atoms with Gasteiger partial charge in [-0.1, -0.05) is 66.7 Å². The van der Waals surface area contributed by atoms with E-state index in [4.69, 9.17) is 5.73 Å². The van der Waals surface area contributed by atoms with E-state index >= 15 is 0 Å². The monoisotopic (exact) mass is 392 g/mol. The molecule has 0 aliphatic carbocycles. The third kappa shape index (κ3) is 5.44. The highest BCUT2D eigenvalue weighted by molar-refractivity contribution is 7.99. The largest absolute Gasteiger partial charge is 0.324 e. The first-order chi connectivity index (χ1) is 13.6. The zero-order valence-electron chi connectivity index (χ0n) is 15.6. The van der Waals surface area contributed by atoms with Crippen molar-refractivity contribution >= 4 is 39.9 Å². The first-order valence-electron chi connectivity index (χ1n) is 9.35. The van der Waals surface area contributed by atoms with Gasteiger partial charge in [-0.05, 0) is 30.0 Å². The van der Waals surface area contributed by atoms with Crippen LogP contribution in [0.5, 0.6) is 0 Å². The van der Waals surface area contributed by atoms with E-state index < -0.39 is 6.04 Å². The highest BCUT2D eigenvalue weighted by Gasteiger charge is 2.14. The van der Waals surface area contributed by atoms with E-state index in [9.17, 15) is 9.59 Å². The fourth-order valence-corrected chi connectivity index (χ4v) is 3.84. The molecular weight excluding hydrogens is 368 g/mol. The average molecular weight is 393 g/mol. The second-order valence-electron chi connectivity index (χ2n) is 6.61. The van der Waals surface area contributed by atoms with Crippen LogP contribution >= 0.6 is 11.8 Å². The van der Waals surface area contributed by atoms with Gasteiger partial charge in [0.2, 0.25) is 5.91 Å². The minimum Gasteiger partial charge on any atom is -0.324 e. The number of thioether (sulfide) groups is 1. The lowest BCUT2D eigenvalue weighted by Crippen LogP contribution is -2.35. The number of nitrogens with one attached hydrogen (secondary N) is 1. The normalized spacial score (nSPS) is 11.9. The Labute approximate surface area is 169 Å². The molecule has 0 aliphatic rings. The Morgan fingerprint density at radius 1 is 0.929 bits per heavy atom. The van der Waals surface area contributed by atoms with Gasteiger partial charge >= 0.3 is 0 Å². The van der Waals surface area contributed by atoms with Crippen molar-refractivity contribution in [1.29, 1.82) is 0 Å². The molecule has 1 amide bonds. The smallest absolute Gasteiger partial charge is 0.241 e. The van der Waals surface area contributed by atoms with Crippen LogP contribution < -0.4 is 11.1 Å². The van der Waals surface area contributed by atoms with Gasteiger partial charge in [-0.3, -0.25) is 9.59 Å². The first-order valence-corrected chi connectivity index (χ1v) is 10.5. The number of anilines is 1. The number of Topliss-reactive ketones (excluding diaryl/α,β-unsaturated/α-hetero) is 1. The van der Waals surface area contributed by atoms with Crippen molar-refractivity contribution in [1.82, 2.24) is 0 Å². The summed E-state index contributed by atoms with van der Waals surface area (Å²) in [5, 5.41) is 5.02. The Morgan fingerprint density at radius 3 is 2.46 bits per heavy atom. The number of carbonyl (C=O) groups is 2. The van der Waals surface area contributed by atoms with Gasteiger partial charge in [0.1, 0.15) is 0 Å². The molecule has 0 heterocycles. The Balaban J connectivity index is 1.41. The molecule has 3 N–H and O–H groups in total. The number of fused-ring (bicyclic) bond motifs is 1. The Hall–Kier alpha value is -2.63. The number of carbonyl (C=O) groups excluding carboxylic acids is 2. The predicted octanol–water partition coefficient (Wildman–Crippen LogP) is 4.50. The molecule has 0 unspecified atom stereocenters. The zero-order valence-corrected chi connectivity index (χ0v) is 16.5. The molecule has 144 valence electrons. The summed E-state index contributed by atoms with van der Waals surface area (Å²) in [4.78, 5) is 24.5. The summed E-state index contributed by atoms with van der Waals surface area (Å²) in [6.45, 7) is 0. The lowest BCUT2D eigenvalue weighted by Gasteiger charge is -2.13. The van der Waals surface area contributed by atoms with Crippen molar-refractivity contribution in [3.8, 4) is 0 Å². The standard InChI is InChI=1S/C23H24N2O2S/c24-20(13-7-15-28-16-22(26)18-9-2-1-3-10-18)23(27)25-21-14-6-11-17-8-4-5-12-19(17)21/h1-6,8-12,14,20H,7,13,15-16,24H2,(H,25,27)/t20-/m0/s1. The molecule has 0 saturated heterocycles. The summed E-state index contributed by atoms with van der Waals surface area (Å²) < 4.78 is 0. The summed E-state index contributed by atoms with van der Waals surface area (Å²) in [5.41, 5.74) is 7.57. The van der Waals surface area contributed by atoms with Crippen LogP contribution in [-0.4, -0.2) is 29.2 Å². The second kappa shape index (κ2) is 10.1. The molecular formula is C23H24N2O2S. The summed E-state index contributed by atoms with van der Waals surface area (Å²) in [5.74, 6) is 1.19. The third-order valence-corrected chi connectivity index (χ3v) is 5.56. The average Bonchev–Trinajstić information content (AvgIpc) is 2.74. The van der Waals surface area contributed by atoms with Crippen molar-refractivity contribution in [2.75, 3.05) is 16.8 Å². The maximum Gasteiger partial charge on any atom is 0.241 e. The van der Waals surface area contributed by atoms with Crippen LogP contribution in [0.2, 0.25) is 0 Å². The quantitative estimate of drug-likeness (QED) is 0.415. The SMILES string of the molecule is N[C@@H](CCCSCC(=O)c1ccccc1)C(=O)Nc1cccc2ccccc12. The minimum absolute atomic E-state index is 0.128. The van der Waals surface area contributed by atoms with E-state index in [-0.39, 0.29) is 11.7 Å². The van der Waals surface area contributed by atoms with Crippen LogP contribution in [-0.2, 0) is 4.79 Å². The molecule has 0 bridgehead atoms. The molecule has 28 heavy (non-hydrogen) atoms. The highest BCUT2D eigenvalue weighted by Crippen LogP contribution is 2.23. The maximum absolute atomic E-state index is 12.4. The second-order valence-corrected chi connectivity index (χ2v) is 7.71. The van der Waals surface area contributed by atoms with Gasteiger partial charge in [0.15, 0.2) is 5.78 Å². The van der Waals surface area contributed by atoms with Gasteiger partial charge in [0.25, 0.3) is 0 Å². The van der Waals surface area contributed by atoms with E-state index in [1.165, 1.54) is 0 Å². The van der Waals surface area contributed by atoms with Crippen molar-refractivity contribution in [3.63, 3.8) is 0 Å². The molecule has 3 rings (SSSR count). The summed E-state index contributed by atoms with van der Waals surface area (Å²) in [6, 6.07) is 22.5. The lowest BCUT2D eigenvalue weighted by atomic mass is 10.1. The fourth-order valence-electron chi connectivity index (χ4n) is 2.97. The number of hydrogen-bond donors (Lipinski definition) is 2. The van der Waals surface area contributed by atoms with Gasteiger partial charge in [-0.15, -0.1) is 0 Å². The Bertz CT molecular complexity index is 938. The number of nitrogens with two attached hydrogens (primary N) is 1. The van der Waals surface area contributed by atoms with E-state index in [1.807, 2.05) is 72.8 Å². The predicted molar refractivity (Wildman–Crippen MR) is 118 cm³/mol. The third-order valence-electron chi connectivity index (χ3n) is 4.52. The molecule has 0 aromatic heterocycles. The van der Waals surface area contributed by atoms with Crippen molar-refractivity contribution in [3.05, 3.63) is 78.4 Å². The van der Waals surface area contributed by atoms with Gasteiger partial charge in [0, 0.05) is 16.6 Å². The number of ketones is 1. The molecule has 3 aromatic rings. The molecule has 0 spiro atoms. The Morgan fingerprint density at radius 2 is 1.64 bits per heavy atom. The van der Waals surface area contributed by atoms with Crippen LogP contribution in [0, 0.1) is 0 Å². The zero-order chi connectivity index (χ0) is 19.8. The van der Waals surface area contributed by atoms with Gasteiger partial charge < -0.3 is 11.1 Å². The molecule has 0 radical (unpaired) electrons. The van der Waals surface area contributed by atoms with E-state index in [0.29, 0.717) is 12.2 Å². The van der Waals surface area contributed by atoms with Crippen LogP contribution in [0.1, 0.15) is 23.2 Å². The van der Waals surface area contributed by atoms with E-state index in [1.54, 1.807) is 11.8 Å². The molecule has 4 nitrogen and oxygen atoms in total. The molecule has 0 saturated carbocycles. The number of benzene rings is 3. The molecule has 0 aliphatic heterocycles. The number of hydrogen-bond acceptors (Lipinski definition) is 4. The van der Waals surface area contributed by atoms with Crippen LogP contribution in [0.15, 0.2) is 72.8 Å². The first kappa shape index (κ1) is 20.1. The summed E-state index contributed by atoms with van der Waals surface area (Å²) >= 11 is 1.58. The Kier molecular flexibility index (Phi) is 7.23. The van der Waals surface area contributed by atoms with Gasteiger partial charge in [-0.2, -0.15) is 11.8 Å². The van der Waals surface area contributed by atoms with Crippen LogP contribution in [0.25, 0.3) is 10.8 Å². The highest BCUT2D eigenvalue weighted by atomic mass is 32.2. The van der Waals surface area contributed by atoms with Crippen molar-refractivity contribution in [2.45, 2.75) is 18.9 Å². The minimum atomic E-state index is -0.565. The molecule has 5 heteroatoms. The van der Waals surface area contributed by atoms with E-state index in [0.717, 1.165) is 34.2 Å². The van der Waals surface area contributed by atoms with Gasteiger partial charge in [-0.25, -0.2) is 0 Å².